The second-order valence-electron chi connectivity index (χ2n) is 4.20. The fourth-order valence-electron chi connectivity index (χ4n) is 1.99. The maximum absolute atomic E-state index is 11.7. The average Bonchev–Trinajstić information content (AvgIpc) is 2.64. The van der Waals surface area contributed by atoms with Crippen LogP contribution in [0.15, 0.2) is 23.1 Å². The summed E-state index contributed by atoms with van der Waals surface area (Å²) in [6.07, 6.45) is 1.19. The van der Waals surface area contributed by atoms with E-state index in [-0.39, 0.29) is 4.90 Å². The van der Waals surface area contributed by atoms with Gasteiger partial charge in [0, 0.05) is 19.4 Å². The average molecular weight is 300 g/mol. The number of para-hydroxylation sites is 1. The Bertz CT molecular complexity index is 744. The summed E-state index contributed by atoms with van der Waals surface area (Å²) in [6.45, 7) is 3.71. The van der Waals surface area contributed by atoms with Gasteiger partial charge in [-0.05, 0) is 31.3 Å². The molecule has 0 spiro atoms. The summed E-state index contributed by atoms with van der Waals surface area (Å²) in [4.78, 5) is 3.24. The zero-order valence-electron chi connectivity index (χ0n) is 10.8. The van der Waals surface area contributed by atoms with Crippen LogP contribution in [-0.4, -0.2) is 37.4 Å². The van der Waals surface area contributed by atoms with E-state index in [2.05, 4.69) is 4.98 Å². The summed E-state index contributed by atoms with van der Waals surface area (Å²) in [7, 11) is -3.28. The van der Waals surface area contributed by atoms with Gasteiger partial charge < -0.3 is 14.3 Å². The van der Waals surface area contributed by atoms with E-state index >= 15 is 0 Å². The fraction of sp³-hybridized carbons (Fsp3) is 0.417. The van der Waals surface area contributed by atoms with Gasteiger partial charge in [-0.3, -0.25) is 0 Å². The van der Waals surface area contributed by atoms with Gasteiger partial charge in [-0.15, -0.1) is 0 Å². The van der Waals surface area contributed by atoms with E-state index < -0.39 is 9.84 Å². The highest BCUT2D eigenvalue weighted by Crippen LogP contribution is 2.22. The molecule has 0 aliphatic rings. The lowest BCUT2D eigenvalue weighted by Crippen LogP contribution is -2.06. The highest BCUT2D eigenvalue weighted by atomic mass is 32.2. The zero-order valence-corrected chi connectivity index (χ0v) is 12.5. The third kappa shape index (κ3) is 2.88. The number of aromatic nitrogens is 2. The minimum Gasteiger partial charge on any atom is -0.380 e. The minimum atomic E-state index is -3.28. The number of ether oxygens (including phenoxy) is 1. The number of hydrogen-bond donors (Lipinski definition) is 1. The summed E-state index contributed by atoms with van der Waals surface area (Å²) in [5.41, 5.74) is 1.35. The maximum atomic E-state index is 11.7. The van der Waals surface area contributed by atoms with Crippen molar-refractivity contribution in [3.63, 3.8) is 0 Å². The zero-order chi connectivity index (χ0) is 14.0. The van der Waals surface area contributed by atoms with Crippen LogP contribution < -0.4 is 0 Å². The molecule has 19 heavy (non-hydrogen) atoms. The Morgan fingerprint density at radius 1 is 1.42 bits per heavy atom. The van der Waals surface area contributed by atoms with Crippen molar-refractivity contribution < 1.29 is 13.2 Å². The molecule has 2 rings (SSSR count). The van der Waals surface area contributed by atoms with Crippen LogP contribution in [-0.2, 0) is 21.1 Å². The molecule has 0 saturated heterocycles. The molecule has 1 heterocycles. The van der Waals surface area contributed by atoms with Gasteiger partial charge >= 0.3 is 0 Å². The Morgan fingerprint density at radius 2 is 2.16 bits per heavy atom. The van der Waals surface area contributed by atoms with Crippen LogP contribution in [0.3, 0.4) is 0 Å². The largest absolute Gasteiger partial charge is 0.380 e. The first-order chi connectivity index (χ1) is 8.95. The number of rotatable bonds is 5. The van der Waals surface area contributed by atoms with Crippen LogP contribution >= 0.6 is 12.2 Å². The molecule has 1 N–H and O–H groups in total. The number of hydrogen-bond acceptors (Lipinski definition) is 4. The van der Waals surface area contributed by atoms with E-state index in [1.165, 1.54) is 6.26 Å². The van der Waals surface area contributed by atoms with Gasteiger partial charge in [0.05, 0.1) is 22.5 Å². The molecule has 0 radical (unpaired) electrons. The third-order valence-electron chi connectivity index (χ3n) is 2.83. The number of nitrogens with zero attached hydrogens (tertiary/aromatic N) is 1. The Balaban J connectivity index is 2.57. The number of aromatic amines is 1. The van der Waals surface area contributed by atoms with E-state index in [0.29, 0.717) is 30.0 Å². The van der Waals surface area contributed by atoms with E-state index in [9.17, 15) is 8.42 Å². The number of nitrogens with one attached hydrogen (secondary N) is 1. The molecule has 0 saturated carbocycles. The van der Waals surface area contributed by atoms with Crippen LogP contribution in [0.4, 0.5) is 0 Å². The minimum absolute atomic E-state index is 0.270. The van der Waals surface area contributed by atoms with Gasteiger partial charge in [0.2, 0.25) is 0 Å². The summed E-state index contributed by atoms with van der Waals surface area (Å²) in [5, 5.41) is 0. The number of sulfone groups is 1. The maximum Gasteiger partial charge on any atom is 0.178 e. The number of fused-ring (bicyclic) bond motifs is 1. The summed E-state index contributed by atoms with van der Waals surface area (Å²) in [6, 6.07) is 5.15. The molecule has 1 aromatic carbocycles. The van der Waals surface area contributed by atoms with Crippen LogP contribution in [0.5, 0.6) is 0 Å². The molecule has 0 bridgehead atoms. The van der Waals surface area contributed by atoms with E-state index in [0.717, 1.165) is 5.52 Å². The molecule has 0 unspecified atom stereocenters. The van der Waals surface area contributed by atoms with Crippen LogP contribution in [0, 0.1) is 4.77 Å². The monoisotopic (exact) mass is 300 g/mol. The smallest absolute Gasteiger partial charge is 0.178 e. The van der Waals surface area contributed by atoms with Crippen molar-refractivity contribution in [2.24, 2.45) is 0 Å². The molecule has 2 aromatic rings. The topological polar surface area (TPSA) is 64.1 Å². The first-order valence-corrected chi connectivity index (χ1v) is 8.24. The third-order valence-corrected chi connectivity index (χ3v) is 4.30. The van der Waals surface area contributed by atoms with Crippen LogP contribution in [0.1, 0.15) is 6.92 Å². The van der Waals surface area contributed by atoms with Gasteiger partial charge in [0.1, 0.15) is 0 Å². The first-order valence-electron chi connectivity index (χ1n) is 5.94. The Morgan fingerprint density at radius 3 is 2.79 bits per heavy atom. The van der Waals surface area contributed by atoms with Crippen LogP contribution in [0.2, 0.25) is 0 Å². The highest BCUT2D eigenvalue weighted by molar-refractivity contribution is 7.91. The Kier molecular flexibility index (Phi) is 4.07. The molecular formula is C12H16N2O3S2. The second-order valence-corrected chi connectivity index (χ2v) is 6.57. The Labute approximate surface area is 117 Å². The molecule has 0 amide bonds. The predicted octanol–water partition coefficient (Wildman–Crippen LogP) is 2.14. The molecule has 1 aromatic heterocycles. The Hall–Kier alpha value is -1.18. The van der Waals surface area contributed by atoms with E-state index in [1.807, 2.05) is 17.6 Å². The summed E-state index contributed by atoms with van der Waals surface area (Å²) in [5.74, 6) is 0. The molecule has 0 fully saturated rings. The normalized spacial score (nSPS) is 12.1. The van der Waals surface area contributed by atoms with Crippen molar-refractivity contribution in [2.75, 3.05) is 19.5 Å². The van der Waals surface area contributed by atoms with Crippen molar-refractivity contribution in [3.8, 4) is 0 Å². The molecule has 0 aliphatic heterocycles. The van der Waals surface area contributed by atoms with Gasteiger partial charge in [0.15, 0.2) is 14.6 Å². The fourth-order valence-corrected chi connectivity index (χ4v) is 3.13. The highest BCUT2D eigenvalue weighted by Gasteiger charge is 2.15. The van der Waals surface area contributed by atoms with Crippen molar-refractivity contribution >= 4 is 33.1 Å². The predicted molar refractivity (Wildman–Crippen MR) is 76.7 cm³/mol. The number of H-pyrrole nitrogens is 1. The molecular weight excluding hydrogens is 284 g/mol. The van der Waals surface area contributed by atoms with Gasteiger partial charge in [0.25, 0.3) is 0 Å². The van der Waals surface area contributed by atoms with Crippen molar-refractivity contribution in [1.82, 2.24) is 9.55 Å². The van der Waals surface area contributed by atoms with Crippen LogP contribution in [0.25, 0.3) is 11.0 Å². The van der Waals surface area contributed by atoms with Gasteiger partial charge in [-0.25, -0.2) is 8.42 Å². The van der Waals surface area contributed by atoms with Crippen molar-refractivity contribution in [3.05, 3.63) is 23.0 Å². The van der Waals surface area contributed by atoms with Crippen molar-refractivity contribution in [2.45, 2.75) is 18.4 Å². The molecule has 7 heteroatoms. The lowest BCUT2D eigenvalue weighted by atomic mass is 10.3. The molecule has 0 aliphatic carbocycles. The van der Waals surface area contributed by atoms with E-state index in [4.69, 9.17) is 17.0 Å². The first kappa shape index (κ1) is 14.2. The number of benzene rings is 1. The summed E-state index contributed by atoms with van der Waals surface area (Å²) < 4.78 is 31.2. The quantitative estimate of drug-likeness (QED) is 0.679. The summed E-state index contributed by atoms with van der Waals surface area (Å²) >= 11 is 5.24. The van der Waals surface area contributed by atoms with Crippen molar-refractivity contribution in [1.29, 1.82) is 0 Å². The SMILES string of the molecule is CCOCCn1c(=S)[nH]c2c(S(C)(=O)=O)cccc21. The molecule has 0 atom stereocenters. The second kappa shape index (κ2) is 5.44. The lowest BCUT2D eigenvalue weighted by molar-refractivity contribution is 0.139. The van der Waals surface area contributed by atoms with Gasteiger partial charge in [-0.1, -0.05) is 6.07 Å². The number of imidazole rings is 1. The standard InChI is InChI=1S/C12H16N2O3S2/c1-3-17-8-7-14-9-5-4-6-10(19(2,15)16)11(9)13-12(14)18/h4-6H,3,7-8H2,1-2H3,(H,13,18). The lowest BCUT2D eigenvalue weighted by Gasteiger charge is -2.05. The van der Waals surface area contributed by atoms with E-state index in [1.54, 1.807) is 12.1 Å². The molecule has 104 valence electrons. The van der Waals surface area contributed by atoms with Gasteiger partial charge in [-0.2, -0.15) is 0 Å². The molecule has 5 nitrogen and oxygen atoms in total.